The predicted molar refractivity (Wildman–Crippen MR) is 408 cm³/mol. The van der Waals surface area contributed by atoms with E-state index in [-0.39, 0.29) is 0 Å². The molecule has 0 fully saturated rings. The van der Waals surface area contributed by atoms with E-state index < -0.39 is 17.7 Å². The maximum Gasteiger partial charge on any atom is 0.345 e. The van der Waals surface area contributed by atoms with E-state index in [4.69, 9.17) is 28.4 Å². The molecule has 0 aliphatic rings. The molecule has 0 aromatic carbocycles. The van der Waals surface area contributed by atoms with Gasteiger partial charge in [0.05, 0.1) is 39.6 Å². The van der Waals surface area contributed by atoms with Gasteiger partial charge in [-0.1, -0.05) is 440 Å². The van der Waals surface area contributed by atoms with Crippen molar-refractivity contribution < 1.29 is 33.5 Å². The first-order valence-electron chi connectivity index (χ1n) is 43.2. The largest absolute Gasteiger partial charge is 0.345 e. The van der Waals surface area contributed by atoms with Gasteiger partial charge >= 0.3 is 11.8 Å². The predicted octanol–water partition coefficient (Wildman–Crippen LogP) is 28.3. The van der Waals surface area contributed by atoms with Crippen molar-refractivity contribution in [2.24, 2.45) is 0 Å². The molecule has 8 heteroatoms. The Morgan fingerprint density at radius 2 is 0.333 bits per heavy atom. The first-order valence-corrected chi connectivity index (χ1v) is 43.2. The van der Waals surface area contributed by atoms with Gasteiger partial charge in [0.2, 0.25) is 0 Å². The van der Waals surface area contributed by atoms with Crippen LogP contribution in [-0.2, 0) is 28.4 Å². The molecule has 0 spiro atoms. The lowest BCUT2D eigenvalue weighted by atomic mass is 10.0. The summed E-state index contributed by atoms with van der Waals surface area (Å²) in [5.41, 5.74) is 0. The molecule has 0 radical (unpaired) electrons. The fraction of sp³-hybridized carbons (Fsp3) is 1.00. The van der Waals surface area contributed by atoms with Crippen LogP contribution in [-0.4, -0.2) is 69.0 Å². The molecule has 0 saturated heterocycles. The molecular weight excluding hydrogens is 1150 g/mol. The van der Waals surface area contributed by atoms with Crippen LogP contribution in [0.3, 0.4) is 0 Å². The molecule has 0 aliphatic carbocycles. The Kier molecular flexibility index (Phi) is 75.6. The number of hydrogen-bond donors (Lipinski definition) is 2. The maximum absolute atomic E-state index is 14.3. The Balaban J connectivity index is 7.83. The molecule has 0 atom stereocenters. The minimum atomic E-state index is -2.33. The van der Waals surface area contributed by atoms with E-state index >= 15 is 0 Å². The summed E-state index contributed by atoms with van der Waals surface area (Å²) < 4.78 is 44.7. The zero-order valence-corrected chi connectivity index (χ0v) is 64.9. The number of nitrogens with one attached hydrogen (secondary N) is 1. The van der Waals surface area contributed by atoms with Crippen molar-refractivity contribution in [2.45, 2.75) is 503 Å². The van der Waals surface area contributed by atoms with Crippen molar-refractivity contribution in [3.63, 3.8) is 0 Å². The highest BCUT2D eigenvalue weighted by molar-refractivity contribution is 4.96. The maximum atomic E-state index is 14.3. The van der Waals surface area contributed by atoms with Gasteiger partial charge < -0.3 is 33.5 Å². The fourth-order valence-corrected chi connectivity index (χ4v) is 13.6. The summed E-state index contributed by atoms with van der Waals surface area (Å²) in [5.74, 6) is -6.04. The van der Waals surface area contributed by atoms with E-state index in [0.717, 1.165) is 89.9 Å². The summed E-state index contributed by atoms with van der Waals surface area (Å²) in [7, 11) is 0. The highest BCUT2D eigenvalue weighted by Gasteiger charge is 2.72. The van der Waals surface area contributed by atoms with Crippen molar-refractivity contribution in [1.29, 1.82) is 0 Å². The second-order valence-corrected chi connectivity index (χ2v) is 29.4. The Bertz CT molecular complexity index is 1290. The van der Waals surface area contributed by atoms with Crippen molar-refractivity contribution in [1.82, 2.24) is 5.32 Å². The minimum Gasteiger partial charge on any atom is -0.339 e. The average molecular weight is 1320 g/mol. The molecular formula is C85H173NO7. The number of unbranched alkanes of at least 4 members (excludes halogenated alkanes) is 61. The molecule has 0 saturated carbocycles. The Morgan fingerprint density at radius 1 is 0.183 bits per heavy atom. The van der Waals surface area contributed by atoms with Crippen LogP contribution in [0.5, 0.6) is 0 Å². The third kappa shape index (κ3) is 57.1. The lowest BCUT2D eigenvalue weighted by Gasteiger charge is -2.53. The summed E-state index contributed by atoms with van der Waals surface area (Å²) in [6.45, 7) is 19.1. The molecule has 560 valence electrons. The summed E-state index contributed by atoms with van der Waals surface area (Å²) in [6.07, 6.45) is 83.6. The summed E-state index contributed by atoms with van der Waals surface area (Å²) in [6, 6.07) is 0. The van der Waals surface area contributed by atoms with E-state index in [9.17, 15) is 5.11 Å². The van der Waals surface area contributed by atoms with Crippen LogP contribution in [0, 0.1) is 0 Å². The molecule has 0 aromatic heterocycles. The second kappa shape index (κ2) is 75.9. The number of aliphatic hydroxyl groups is 1. The Morgan fingerprint density at radius 3 is 0.527 bits per heavy atom. The van der Waals surface area contributed by atoms with E-state index in [2.05, 4.69) is 53.8 Å². The third-order valence-electron chi connectivity index (χ3n) is 20.0. The molecule has 8 nitrogen and oxygen atoms in total. The van der Waals surface area contributed by atoms with E-state index in [0.29, 0.717) is 46.2 Å². The summed E-state index contributed by atoms with van der Waals surface area (Å²) in [5, 5.41) is 18.3. The van der Waals surface area contributed by atoms with Gasteiger partial charge in [0.15, 0.2) is 0 Å². The summed E-state index contributed by atoms with van der Waals surface area (Å²) in [4.78, 5) is 0. The highest BCUT2D eigenvalue weighted by Crippen LogP contribution is 2.44. The third-order valence-corrected chi connectivity index (χ3v) is 20.0. The molecule has 2 N–H and O–H groups in total. The molecule has 0 aliphatic heterocycles. The molecule has 93 heavy (non-hydrogen) atoms. The van der Waals surface area contributed by atoms with Gasteiger partial charge in [-0.25, -0.2) is 0 Å². The van der Waals surface area contributed by atoms with Gasteiger partial charge in [0, 0.05) is 6.54 Å². The quantitative estimate of drug-likeness (QED) is 0.0460. The zero-order chi connectivity index (χ0) is 67.5. The smallest absolute Gasteiger partial charge is 0.339 e. The van der Waals surface area contributed by atoms with Crippen LogP contribution in [0.4, 0.5) is 0 Å². The van der Waals surface area contributed by atoms with Crippen LogP contribution < -0.4 is 5.32 Å². The van der Waals surface area contributed by atoms with Crippen LogP contribution >= 0.6 is 0 Å². The summed E-state index contributed by atoms with van der Waals surface area (Å²) >= 11 is 0. The number of hydrogen-bond acceptors (Lipinski definition) is 8. The highest BCUT2D eigenvalue weighted by atomic mass is 16.9. The van der Waals surface area contributed by atoms with E-state index in [1.54, 1.807) is 0 Å². The molecule has 0 rings (SSSR count). The topological polar surface area (TPSA) is 87.6 Å². The minimum absolute atomic E-state index is 0.334. The van der Waals surface area contributed by atoms with Crippen molar-refractivity contribution in [3.8, 4) is 0 Å². The Hall–Kier alpha value is -0.320. The number of rotatable bonds is 84. The van der Waals surface area contributed by atoms with Crippen LogP contribution in [0.2, 0.25) is 0 Å². The molecule has 0 amide bonds. The monoisotopic (exact) mass is 1320 g/mol. The Labute approximate surface area is 584 Å². The molecule has 0 bridgehead atoms. The first kappa shape index (κ1) is 92.7. The van der Waals surface area contributed by atoms with Gasteiger partial charge in [-0.2, -0.15) is 0 Å². The van der Waals surface area contributed by atoms with Gasteiger partial charge in [-0.05, 0) is 44.9 Å². The van der Waals surface area contributed by atoms with Crippen molar-refractivity contribution in [2.75, 3.05) is 46.2 Å². The van der Waals surface area contributed by atoms with Gasteiger partial charge in [-0.3, -0.25) is 5.32 Å². The van der Waals surface area contributed by atoms with Crippen LogP contribution in [0.1, 0.15) is 485 Å². The lowest BCUT2D eigenvalue weighted by Crippen LogP contribution is -2.79. The van der Waals surface area contributed by atoms with Gasteiger partial charge in [0.1, 0.15) is 0 Å². The SMILES string of the molecule is CCCCCCCCCCCCOC(O)(OCCCCCCCCCCCC)C(OCCCCCCCCCCCC)(OCCCCCCCCCCCC)C(NCCCCCCCCCC)(OCCCCCCCCCCCC)OCCCCCCCCCCCC. The number of ether oxygens (including phenoxy) is 6. The van der Waals surface area contributed by atoms with E-state index in [1.165, 1.54) is 347 Å². The zero-order valence-electron chi connectivity index (χ0n) is 64.9. The van der Waals surface area contributed by atoms with Crippen LogP contribution in [0.15, 0.2) is 0 Å². The average Bonchev–Trinajstić information content (AvgIpc) is 0.731. The van der Waals surface area contributed by atoms with Crippen molar-refractivity contribution in [3.05, 3.63) is 0 Å². The van der Waals surface area contributed by atoms with Gasteiger partial charge in [0.25, 0.3) is 5.91 Å². The standard InChI is InChI=1S/C85H173NO7/c1-8-15-22-29-36-43-49-56-63-70-77-88-83(89-78-71-64-57-50-44-37-30-23-16-9-2,85(87,92-81-74-67-60-53-47-40-33-26-19-12-5)93-82-75-68-61-54-48-41-34-27-20-13-6)84(86-76-69-62-55-42-35-28-21-14-7,90-79-72-65-58-51-45-38-31-24-17-10-3)91-80-73-66-59-52-46-39-32-25-18-11-4/h86-87H,8-82H2,1-7H3. The molecule has 0 heterocycles. The first-order chi connectivity index (χ1) is 45.9. The van der Waals surface area contributed by atoms with Crippen LogP contribution in [0.25, 0.3) is 0 Å². The lowest BCUT2D eigenvalue weighted by molar-refractivity contribution is -0.551. The second-order valence-electron chi connectivity index (χ2n) is 29.4. The van der Waals surface area contributed by atoms with Gasteiger partial charge in [-0.15, -0.1) is 0 Å². The normalized spacial score (nSPS) is 12.4. The van der Waals surface area contributed by atoms with E-state index in [1.807, 2.05) is 0 Å². The van der Waals surface area contributed by atoms with Crippen molar-refractivity contribution >= 4 is 0 Å². The molecule has 0 unspecified atom stereocenters. The fourth-order valence-electron chi connectivity index (χ4n) is 13.6. The molecule has 0 aromatic rings.